The lowest BCUT2D eigenvalue weighted by Gasteiger charge is -2.42. The van der Waals surface area contributed by atoms with Crippen LogP contribution in [0, 0.1) is 5.41 Å². The van der Waals surface area contributed by atoms with Crippen molar-refractivity contribution >= 4 is 18.3 Å². The van der Waals surface area contributed by atoms with E-state index in [0.717, 1.165) is 6.42 Å². The number of hydrogen-bond donors (Lipinski definition) is 1. The zero-order chi connectivity index (χ0) is 12.5. The molecule has 2 rings (SSSR count). The minimum atomic E-state index is -0.0332. The van der Waals surface area contributed by atoms with Crippen LogP contribution in [0.25, 0.3) is 0 Å². The molecule has 0 spiro atoms. The van der Waals surface area contributed by atoms with Gasteiger partial charge in [-0.3, -0.25) is 4.79 Å². The molecule has 0 radical (unpaired) electrons. The van der Waals surface area contributed by atoms with Gasteiger partial charge in [-0.15, -0.1) is 17.5 Å². The molecule has 2 heterocycles. The van der Waals surface area contributed by atoms with Crippen LogP contribution in [0.4, 0.5) is 0 Å². The summed E-state index contributed by atoms with van der Waals surface area (Å²) in [7, 11) is 0. The maximum atomic E-state index is 12.0. The Morgan fingerprint density at radius 2 is 2.28 bits per heavy atom. The molecule has 1 aromatic heterocycles. The number of halogens is 1. The molecule has 102 valence electrons. The third-order valence-electron chi connectivity index (χ3n) is 3.35. The van der Waals surface area contributed by atoms with Crippen LogP contribution in [0.2, 0.25) is 0 Å². The maximum Gasteiger partial charge on any atom is 0.244 e. The lowest BCUT2D eigenvalue weighted by atomic mass is 9.80. The summed E-state index contributed by atoms with van der Waals surface area (Å²) < 4.78 is 1.43. The molecular formula is C10H19ClN6O. The van der Waals surface area contributed by atoms with Crippen LogP contribution >= 0.6 is 12.4 Å². The first-order valence-electron chi connectivity index (χ1n) is 5.73. The van der Waals surface area contributed by atoms with Gasteiger partial charge in [0.15, 0.2) is 0 Å². The number of amides is 1. The standard InChI is InChI=1S/C10H18N6O.ClH/c1-10(2)6-15(4-3-8(10)11)9(17)5-16-7-12-13-14-16;/h7-8H,3-6,11H2,1-2H3;1H. The molecule has 1 atom stereocenters. The van der Waals surface area contributed by atoms with Gasteiger partial charge in [-0.2, -0.15) is 0 Å². The van der Waals surface area contributed by atoms with E-state index >= 15 is 0 Å². The summed E-state index contributed by atoms with van der Waals surface area (Å²) >= 11 is 0. The summed E-state index contributed by atoms with van der Waals surface area (Å²) in [5.41, 5.74) is 6.00. The predicted molar refractivity (Wildman–Crippen MR) is 68.0 cm³/mol. The molecule has 0 saturated carbocycles. The zero-order valence-corrected chi connectivity index (χ0v) is 11.4. The summed E-state index contributed by atoms with van der Waals surface area (Å²) in [5, 5.41) is 10.7. The highest BCUT2D eigenvalue weighted by atomic mass is 35.5. The van der Waals surface area contributed by atoms with Crippen molar-refractivity contribution in [3.05, 3.63) is 6.33 Å². The third-order valence-corrected chi connectivity index (χ3v) is 3.35. The third kappa shape index (κ3) is 3.17. The highest BCUT2D eigenvalue weighted by molar-refractivity contribution is 5.85. The quantitative estimate of drug-likeness (QED) is 0.798. The van der Waals surface area contributed by atoms with Crippen LogP contribution < -0.4 is 5.73 Å². The zero-order valence-electron chi connectivity index (χ0n) is 10.6. The van der Waals surface area contributed by atoms with Crippen molar-refractivity contribution in [2.75, 3.05) is 13.1 Å². The fourth-order valence-electron chi connectivity index (χ4n) is 2.08. The van der Waals surface area contributed by atoms with Crippen LogP contribution in [-0.4, -0.2) is 50.1 Å². The second-order valence-corrected chi connectivity index (χ2v) is 5.21. The van der Waals surface area contributed by atoms with E-state index in [0.29, 0.717) is 13.1 Å². The number of likely N-dealkylation sites (tertiary alicyclic amines) is 1. The summed E-state index contributed by atoms with van der Waals surface area (Å²) in [6.45, 7) is 5.78. The van der Waals surface area contributed by atoms with E-state index in [4.69, 9.17) is 5.73 Å². The summed E-state index contributed by atoms with van der Waals surface area (Å²) in [5.74, 6) is 0.0391. The van der Waals surface area contributed by atoms with Gasteiger partial charge < -0.3 is 10.6 Å². The van der Waals surface area contributed by atoms with Crippen molar-refractivity contribution in [1.29, 1.82) is 0 Å². The Morgan fingerprint density at radius 1 is 1.56 bits per heavy atom. The number of piperidine rings is 1. The average molecular weight is 275 g/mol. The van der Waals surface area contributed by atoms with E-state index < -0.39 is 0 Å². The van der Waals surface area contributed by atoms with Gasteiger partial charge in [-0.25, -0.2) is 4.68 Å². The molecule has 7 nitrogen and oxygen atoms in total. The van der Waals surface area contributed by atoms with Crippen LogP contribution in [0.3, 0.4) is 0 Å². The van der Waals surface area contributed by atoms with Crippen molar-refractivity contribution in [3.63, 3.8) is 0 Å². The molecule has 1 aromatic rings. The summed E-state index contributed by atoms with van der Waals surface area (Å²) in [4.78, 5) is 13.9. The first-order valence-corrected chi connectivity index (χ1v) is 5.73. The number of aromatic nitrogens is 4. The van der Waals surface area contributed by atoms with Gasteiger partial charge in [0.2, 0.25) is 5.91 Å². The number of hydrogen-bond acceptors (Lipinski definition) is 5. The Balaban J connectivity index is 0.00000162. The minimum Gasteiger partial charge on any atom is -0.340 e. The first kappa shape index (κ1) is 14.8. The van der Waals surface area contributed by atoms with Gasteiger partial charge in [0.05, 0.1) is 0 Å². The maximum absolute atomic E-state index is 12.0. The van der Waals surface area contributed by atoms with Crippen molar-refractivity contribution in [3.8, 4) is 0 Å². The molecule has 8 heteroatoms. The second-order valence-electron chi connectivity index (χ2n) is 5.21. The number of nitrogens with two attached hydrogens (primary N) is 1. The van der Waals surface area contributed by atoms with E-state index in [9.17, 15) is 4.79 Å². The molecule has 18 heavy (non-hydrogen) atoms. The fraction of sp³-hybridized carbons (Fsp3) is 0.800. The van der Waals surface area contributed by atoms with Gasteiger partial charge in [-0.05, 0) is 22.3 Å². The highest BCUT2D eigenvalue weighted by Gasteiger charge is 2.35. The number of rotatable bonds is 2. The number of carbonyl (C=O) groups is 1. The Hall–Kier alpha value is -1.21. The molecule has 1 amide bonds. The van der Waals surface area contributed by atoms with Crippen molar-refractivity contribution in [1.82, 2.24) is 25.1 Å². The van der Waals surface area contributed by atoms with Gasteiger partial charge in [0.25, 0.3) is 0 Å². The topological polar surface area (TPSA) is 89.9 Å². The smallest absolute Gasteiger partial charge is 0.244 e. The van der Waals surface area contributed by atoms with E-state index in [1.807, 2.05) is 4.90 Å². The highest BCUT2D eigenvalue weighted by Crippen LogP contribution is 2.27. The van der Waals surface area contributed by atoms with E-state index in [1.165, 1.54) is 11.0 Å². The monoisotopic (exact) mass is 274 g/mol. The average Bonchev–Trinajstić information content (AvgIpc) is 2.74. The number of nitrogens with zero attached hydrogens (tertiary/aromatic N) is 5. The molecule has 1 aliphatic rings. The Bertz CT molecular complexity index is 393. The largest absolute Gasteiger partial charge is 0.340 e. The lowest BCUT2D eigenvalue weighted by Crippen LogP contribution is -2.54. The first-order chi connectivity index (χ1) is 7.99. The predicted octanol–water partition coefficient (Wildman–Crippen LogP) is -0.319. The fourth-order valence-corrected chi connectivity index (χ4v) is 2.08. The van der Waals surface area contributed by atoms with Crippen molar-refractivity contribution in [2.24, 2.45) is 11.1 Å². The minimum absolute atomic E-state index is 0. The van der Waals surface area contributed by atoms with E-state index in [1.54, 1.807) is 0 Å². The molecule has 0 aromatic carbocycles. The molecule has 2 N–H and O–H groups in total. The molecule has 1 fully saturated rings. The molecule has 1 aliphatic heterocycles. The molecule has 0 aliphatic carbocycles. The van der Waals surface area contributed by atoms with Crippen molar-refractivity contribution < 1.29 is 4.79 Å². The summed E-state index contributed by atoms with van der Waals surface area (Å²) in [6, 6.07) is 0.152. The Kier molecular flexibility index (Phi) is 4.64. The van der Waals surface area contributed by atoms with Gasteiger partial charge in [0.1, 0.15) is 12.9 Å². The van der Waals surface area contributed by atoms with Gasteiger partial charge in [-0.1, -0.05) is 13.8 Å². The SMILES string of the molecule is CC1(C)CN(C(=O)Cn2cnnn2)CCC1N.Cl. The van der Waals surface area contributed by atoms with Crippen LogP contribution in [0.1, 0.15) is 20.3 Å². The lowest BCUT2D eigenvalue weighted by molar-refractivity contribution is -0.135. The van der Waals surface area contributed by atoms with Crippen molar-refractivity contribution in [2.45, 2.75) is 32.9 Å². The number of tetrazole rings is 1. The second kappa shape index (κ2) is 5.62. The molecule has 1 unspecified atom stereocenters. The van der Waals surface area contributed by atoms with E-state index in [-0.39, 0.29) is 36.3 Å². The Labute approximate surface area is 112 Å². The molecular weight excluding hydrogens is 256 g/mol. The number of carbonyl (C=O) groups excluding carboxylic acids is 1. The van der Waals surface area contributed by atoms with Crippen LogP contribution in [0.15, 0.2) is 6.33 Å². The van der Waals surface area contributed by atoms with Crippen LogP contribution in [0.5, 0.6) is 0 Å². The molecule has 0 bridgehead atoms. The normalized spacial score (nSPS) is 22.4. The summed E-state index contributed by atoms with van der Waals surface area (Å²) in [6.07, 6.45) is 2.28. The van der Waals surface area contributed by atoms with E-state index in [2.05, 4.69) is 29.4 Å². The van der Waals surface area contributed by atoms with Gasteiger partial charge in [0, 0.05) is 19.1 Å². The van der Waals surface area contributed by atoms with Gasteiger partial charge >= 0.3 is 0 Å². The molecule has 1 saturated heterocycles. The van der Waals surface area contributed by atoms with Crippen LogP contribution in [-0.2, 0) is 11.3 Å². The Morgan fingerprint density at radius 3 is 2.83 bits per heavy atom.